The number of nitrogens with zero attached hydrogens (tertiary/aromatic N) is 3. The molecule has 1 aromatic carbocycles. The molecule has 1 fully saturated rings. The summed E-state index contributed by atoms with van der Waals surface area (Å²) in [6.45, 7) is 0. The van der Waals surface area contributed by atoms with Crippen LogP contribution in [0.15, 0.2) is 18.2 Å². The molecule has 6 heteroatoms. The largest absolute Gasteiger partial charge is 0.478 e. The molecule has 1 aromatic heterocycles. The molecule has 1 aliphatic rings. The van der Waals surface area contributed by atoms with Crippen LogP contribution in [0.5, 0.6) is 0 Å². The third-order valence-corrected chi connectivity index (χ3v) is 5.18. The number of benzene rings is 1. The maximum atomic E-state index is 11.4. The van der Waals surface area contributed by atoms with Crippen LogP contribution in [0.4, 0.5) is 0 Å². The fourth-order valence-corrected chi connectivity index (χ4v) is 3.69. The van der Waals surface area contributed by atoms with Crippen molar-refractivity contribution in [1.29, 1.82) is 0 Å². The molecule has 1 aliphatic carbocycles. The zero-order chi connectivity index (χ0) is 14.1. The molecule has 0 aliphatic heterocycles. The smallest absolute Gasteiger partial charge is 0.337 e. The quantitative estimate of drug-likeness (QED) is 0.941. The predicted molar refractivity (Wildman–Crippen MR) is 79.3 cm³/mol. The Balaban J connectivity index is 1.98. The van der Waals surface area contributed by atoms with Gasteiger partial charge in [0.2, 0.25) is 0 Å². The predicted octanol–water partition coefficient (Wildman–Crippen LogP) is 2.98. The number of rotatable bonds is 3. The van der Waals surface area contributed by atoms with Gasteiger partial charge in [-0.05, 0) is 44.1 Å². The summed E-state index contributed by atoms with van der Waals surface area (Å²) < 4.78 is 1.83. The minimum Gasteiger partial charge on any atom is -0.478 e. The van der Waals surface area contributed by atoms with Crippen molar-refractivity contribution in [3.63, 3.8) is 0 Å². The van der Waals surface area contributed by atoms with E-state index >= 15 is 0 Å². The molecule has 106 valence electrons. The molecular weight excluding hydrogens is 274 g/mol. The number of thioether (sulfide) groups is 1. The van der Waals surface area contributed by atoms with Gasteiger partial charge < -0.3 is 5.11 Å². The fourth-order valence-electron chi connectivity index (χ4n) is 2.95. The van der Waals surface area contributed by atoms with E-state index in [0.717, 1.165) is 30.9 Å². The summed E-state index contributed by atoms with van der Waals surface area (Å²) >= 11 is 1.92. The lowest BCUT2D eigenvalue weighted by molar-refractivity contribution is 0.0698. The lowest BCUT2D eigenvalue weighted by atomic mass is 9.95. The Morgan fingerprint density at radius 2 is 2.10 bits per heavy atom. The van der Waals surface area contributed by atoms with Gasteiger partial charge in [-0.25, -0.2) is 9.48 Å². The van der Waals surface area contributed by atoms with E-state index in [9.17, 15) is 9.90 Å². The van der Waals surface area contributed by atoms with Crippen LogP contribution >= 0.6 is 11.8 Å². The number of aromatic nitrogens is 3. The molecule has 20 heavy (non-hydrogen) atoms. The first-order chi connectivity index (χ1) is 9.70. The van der Waals surface area contributed by atoms with Crippen LogP contribution in [-0.4, -0.2) is 37.6 Å². The molecule has 0 unspecified atom stereocenters. The number of hydrogen-bond donors (Lipinski definition) is 1. The number of carbonyl (C=O) groups is 1. The first-order valence-corrected chi connectivity index (χ1v) is 8.09. The second kappa shape index (κ2) is 5.44. The van der Waals surface area contributed by atoms with Crippen molar-refractivity contribution in [3.8, 4) is 0 Å². The number of para-hydroxylation sites is 1. The first kappa shape index (κ1) is 13.4. The average molecular weight is 291 g/mol. The summed E-state index contributed by atoms with van der Waals surface area (Å²) in [4.78, 5) is 11.4. The number of hydrogen-bond acceptors (Lipinski definition) is 4. The highest BCUT2D eigenvalue weighted by atomic mass is 32.2. The molecule has 0 radical (unpaired) electrons. The Hall–Kier alpha value is -1.56. The van der Waals surface area contributed by atoms with Gasteiger partial charge in [0.15, 0.2) is 0 Å². The van der Waals surface area contributed by atoms with Crippen LogP contribution in [0, 0.1) is 0 Å². The van der Waals surface area contributed by atoms with Crippen molar-refractivity contribution in [3.05, 3.63) is 23.8 Å². The molecular formula is C14H17N3O2S. The highest BCUT2D eigenvalue weighted by Gasteiger charge is 2.25. The molecule has 3 rings (SSSR count). The number of carboxylic acids is 1. The standard InChI is InChI=1S/C14H17N3O2S/c1-20-10-7-5-9(6-8-10)17-13-11(14(18)19)3-2-4-12(13)15-16-17/h2-4,9-10H,5-8H2,1H3,(H,18,19). The SMILES string of the molecule is CSC1CCC(n2nnc3cccc(C(=O)O)c32)CC1. The van der Waals surface area contributed by atoms with Crippen LogP contribution < -0.4 is 0 Å². The van der Waals surface area contributed by atoms with Crippen molar-refractivity contribution in [2.24, 2.45) is 0 Å². The second-order valence-electron chi connectivity index (χ2n) is 5.18. The molecule has 0 amide bonds. The Labute approximate surface area is 121 Å². The molecule has 5 nitrogen and oxygen atoms in total. The van der Waals surface area contributed by atoms with Gasteiger partial charge >= 0.3 is 5.97 Å². The topological polar surface area (TPSA) is 68.0 Å². The van der Waals surface area contributed by atoms with E-state index < -0.39 is 5.97 Å². The van der Waals surface area contributed by atoms with E-state index in [0.29, 0.717) is 16.6 Å². The van der Waals surface area contributed by atoms with Crippen LogP contribution in [0.25, 0.3) is 11.0 Å². The summed E-state index contributed by atoms with van der Waals surface area (Å²) in [5.74, 6) is -0.919. The zero-order valence-electron chi connectivity index (χ0n) is 11.3. The highest BCUT2D eigenvalue weighted by Crippen LogP contribution is 2.35. The van der Waals surface area contributed by atoms with Crippen LogP contribution in [0.3, 0.4) is 0 Å². The van der Waals surface area contributed by atoms with Crippen molar-refractivity contribution >= 4 is 28.8 Å². The van der Waals surface area contributed by atoms with Gasteiger partial charge in [-0.3, -0.25) is 0 Å². The summed E-state index contributed by atoms with van der Waals surface area (Å²) in [7, 11) is 0. The molecule has 0 saturated heterocycles. The third kappa shape index (κ3) is 2.28. The van der Waals surface area contributed by atoms with Gasteiger partial charge in [-0.1, -0.05) is 11.3 Å². The van der Waals surface area contributed by atoms with E-state index in [-0.39, 0.29) is 6.04 Å². The van der Waals surface area contributed by atoms with Gasteiger partial charge in [-0.2, -0.15) is 11.8 Å². The number of fused-ring (bicyclic) bond motifs is 1. The summed E-state index contributed by atoms with van der Waals surface area (Å²) in [5.41, 5.74) is 1.61. The molecule has 2 aromatic rings. The summed E-state index contributed by atoms with van der Waals surface area (Å²) in [5, 5.41) is 18.4. The van der Waals surface area contributed by atoms with Crippen LogP contribution in [0.1, 0.15) is 42.1 Å². The molecule has 1 saturated carbocycles. The zero-order valence-corrected chi connectivity index (χ0v) is 12.1. The lowest BCUT2D eigenvalue weighted by Crippen LogP contribution is -2.21. The van der Waals surface area contributed by atoms with E-state index in [2.05, 4.69) is 16.6 Å². The van der Waals surface area contributed by atoms with Gasteiger partial charge in [-0.15, -0.1) is 5.10 Å². The molecule has 0 bridgehead atoms. The van der Waals surface area contributed by atoms with Crippen LogP contribution in [-0.2, 0) is 0 Å². The van der Waals surface area contributed by atoms with Crippen molar-refractivity contribution in [2.45, 2.75) is 37.0 Å². The number of carboxylic acid groups (broad SMARTS) is 1. The monoisotopic (exact) mass is 291 g/mol. The Morgan fingerprint density at radius 1 is 1.35 bits per heavy atom. The van der Waals surface area contributed by atoms with E-state index in [1.807, 2.05) is 22.5 Å². The van der Waals surface area contributed by atoms with Gasteiger partial charge in [0, 0.05) is 5.25 Å². The highest BCUT2D eigenvalue weighted by molar-refractivity contribution is 7.99. The van der Waals surface area contributed by atoms with E-state index in [4.69, 9.17) is 0 Å². The third-order valence-electron chi connectivity index (χ3n) is 4.05. The second-order valence-corrected chi connectivity index (χ2v) is 6.32. The average Bonchev–Trinajstić information content (AvgIpc) is 2.91. The molecule has 0 atom stereocenters. The van der Waals surface area contributed by atoms with Gasteiger partial charge in [0.1, 0.15) is 11.0 Å². The lowest BCUT2D eigenvalue weighted by Gasteiger charge is -2.27. The van der Waals surface area contributed by atoms with E-state index in [1.54, 1.807) is 12.1 Å². The Kier molecular flexibility index (Phi) is 3.65. The maximum Gasteiger partial charge on any atom is 0.337 e. The summed E-state index contributed by atoms with van der Waals surface area (Å²) in [6, 6.07) is 5.43. The normalized spacial score (nSPS) is 23.1. The van der Waals surface area contributed by atoms with Crippen molar-refractivity contribution < 1.29 is 9.90 Å². The first-order valence-electron chi connectivity index (χ1n) is 6.80. The minimum atomic E-state index is -0.919. The molecule has 0 spiro atoms. The minimum absolute atomic E-state index is 0.267. The Bertz CT molecular complexity index is 632. The van der Waals surface area contributed by atoms with Crippen molar-refractivity contribution in [1.82, 2.24) is 15.0 Å². The van der Waals surface area contributed by atoms with Gasteiger partial charge in [0.25, 0.3) is 0 Å². The summed E-state index contributed by atoms with van der Waals surface area (Å²) in [6.07, 6.45) is 6.54. The van der Waals surface area contributed by atoms with E-state index in [1.165, 1.54) is 0 Å². The van der Waals surface area contributed by atoms with Crippen LogP contribution in [0.2, 0.25) is 0 Å². The fraction of sp³-hybridized carbons (Fsp3) is 0.500. The number of aromatic carboxylic acids is 1. The Morgan fingerprint density at radius 3 is 2.75 bits per heavy atom. The van der Waals surface area contributed by atoms with Crippen molar-refractivity contribution in [2.75, 3.05) is 6.26 Å². The molecule has 1 heterocycles. The van der Waals surface area contributed by atoms with Gasteiger partial charge in [0.05, 0.1) is 11.6 Å². The molecule has 1 N–H and O–H groups in total. The maximum absolute atomic E-state index is 11.4.